The van der Waals surface area contributed by atoms with Crippen LogP contribution < -0.4 is 15.4 Å². The zero-order chi connectivity index (χ0) is 19.9. The Balaban J connectivity index is 1.63. The molecule has 0 unspecified atom stereocenters. The van der Waals surface area contributed by atoms with Gasteiger partial charge >= 0.3 is 0 Å². The van der Waals surface area contributed by atoms with Crippen molar-refractivity contribution in [3.63, 3.8) is 0 Å². The maximum Gasteiger partial charge on any atom is 0.214 e. The second-order valence-corrected chi connectivity index (χ2v) is 6.13. The van der Waals surface area contributed by atoms with Gasteiger partial charge in [0.15, 0.2) is 11.8 Å². The molecule has 0 aliphatic rings. The molecule has 3 N–H and O–H groups in total. The first-order valence-electron chi connectivity index (χ1n) is 9.09. The van der Waals surface area contributed by atoms with Crippen molar-refractivity contribution >= 4 is 5.96 Å². The van der Waals surface area contributed by atoms with Crippen LogP contribution in [0.25, 0.3) is 11.4 Å². The van der Waals surface area contributed by atoms with Crippen LogP contribution in [0, 0.1) is 13.8 Å². The van der Waals surface area contributed by atoms with E-state index in [0.29, 0.717) is 36.6 Å². The molecular formula is C19H25N7O2. The van der Waals surface area contributed by atoms with Crippen LogP contribution in [-0.4, -0.2) is 39.8 Å². The summed E-state index contributed by atoms with van der Waals surface area (Å²) in [6.45, 7) is 7.38. The smallest absolute Gasteiger partial charge is 0.214 e. The van der Waals surface area contributed by atoms with Crippen LogP contribution in [0.2, 0.25) is 0 Å². The highest BCUT2D eigenvalue weighted by molar-refractivity contribution is 5.79. The molecule has 28 heavy (non-hydrogen) atoms. The zero-order valence-corrected chi connectivity index (χ0v) is 16.5. The molecule has 0 fully saturated rings. The number of rotatable bonds is 7. The predicted octanol–water partition coefficient (Wildman–Crippen LogP) is 2.34. The molecule has 0 radical (unpaired) electrons. The van der Waals surface area contributed by atoms with Gasteiger partial charge in [0.1, 0.15) is 23.9 Å². The van der Waals surface area contributed by atoms with Crippen LogP contribution in [-0.2, 0) is 13.1 Å². The summed E-state index contributed by atoms with van der Waals surface area (Å²) in [5, 5.41) is 13.6. The standard InChI is InChI=1S/C19H25N7O2/c1-5-20-19(22-11-17-23-12(2)13(3)28-17)21-10-16-24-18(26-25-16)14-6-8-15(27-4)9-7-14/h6-9H,5,10-11H2,1-4H3,(H2,20,21,22)(H,24,25,26). The van der Waals surface area contributed by atoms with Gasteiger partial charge in [0.2, 0.25) is 5.89 Å². The van der Waals surface area contributed by atoms with Gasteiger partial charge in [-0.1, -0.05) is 0 Å². The van der Waals surface area contributed by atoms with E-state index in [1.54, 1.807) is 7.11 Å². The van der Waals surface area contributed by atoms with Crippen LogP contribution in [0.4, 0.5) is 0 Å². The number of H-pyrrole nitrogens is 1. The van der Waals surface area contributed by atoms with E-state index < -0.39 is 0 Å². The van der Waals surface area contributed by atoms with E-state index in [2.05, 4.69) is 35.8 Å². The monoisotopic (exact) mass is 383 g/mol. The number of nitrogens with one attached hydrogen (secondary N) is 3. The van der Waals surface area contributed by atoms with Gasteiger partial charge in [-0.25, -0.2) is 15.0 Å². The number of aromatic nitrogens is 4. The molecule has 9 nitrogen and oxygen atoms in total. The van der Waals surface area contributed by atoms with Gasteiger partial charge in [0.25, 0.3) is 0 Å². The van der Waals surface area contributed by atoms with E-state index in [-0.39, 0.29) is 0 Å². The average molecular weight is 383 g/mol. The molecule has 2 heterocycles. The van der Waals surface area contributed by atoms with Crippen molar-refractivity contribution in [2.24, 2.45) is 4.99 Å². The Morgan fingerprint density at radius 3 is 2.61 bits per heavy atom. The number of aromatic amines is 1. The fourth-order valence-corrected chi connectivity index (χ4v) is 2.51. The summed E-state index contributed by atoms with van der Waals surface area (Å²) < 4.78 is 10.8. The van der Waals surface area contributed by atoms with Crippen LogP contribution in [0.5, 0.6) is 5.75 Å². The molecule has 3 rings (SSSR count). The summed E-state index contributed by atoms with van der Waals surface area (Å²) >= 11 is 0. The molecule has 0 bridgehead atoms. The molecule has 0 atom stereocenters. The Bertz CT molecular complexity index is 909. The van der Waals surface area contributed by atoms with Gasteiger partial charge in [0, 0.05) is 12.1 Å². The second-order valence-electron chi connectivity index (χ2n) is 6.13. The van der Waals surface area contributed by atoms with E-state index in [0.717, 1.165) is 29.3 Å². The summed E-state index contributed by atoms with van der Waals surface area (Å²) in [6, 6.07) is 7.59. The van der Waals surface area contributed by atoms with Crippen molar-refractivity contribution in [1.82, 2.24) is 30.8 Å². The molecule has 148 valence electrons. The van der Waals surface area contributed by atoms with Gasteiger partial charge in [0.05, 0.1) is 19.3 Å². The fraction of sp³-hybridized carbons (Fsp3) is 0.368. The minimum atomic E-state index is 0.363. The van der Waals surface area contributed by atoms with Gasteiger partial charge in [-0.15, -0.1) is 0 Å². The van der Waals surface area contributed by atoms with E-state index in [1.807, 2.05) is 45.0 Å². The number of hydrogen-bond donors (Lipinski definition) is 3. The Hall–Kier alpha value is -3.36. The summed E-state index contributed by atoms with van der Waals surface area (Å²) in [7, 11) is 1.64. The third kappa shape index (κ3) is 4.87. The van der Waals surface area contributed by atoms with E-state index in [9.17, 15) is 0 Å². The number of oxazole rings is 1. The Labute approximate surface area is 163 Å². The van der Waals surface area contributed by atoms with Crippen molar-refractivity contribution in [3.05, 3.63) is 47.4 Å². The summed E-state index contributed by atoms with van der Waals surface area (Å²) in [6.07, 6.45) is 0. The van der Waals surface area contributed by atoms with Crippen molar-refractivity contribution < 1.29 is 9.15 Å². The van der Waals surface area contributed by atoms with Gasteiger partial charge in [-0.05, 0) is 45.0 Å². The second kappa shape index (κ2) is 9.03. The molecule has 0 aliphatic carbocycles. The Kier molecular flexibility index (Phi) is 6.25. The number of aliphatic imine (C=N–C) groups is 1. The lowest BCUT2D eigenvalue weighted by Gasteiger charge is -2.09. The van der Waals surface area contributed by atoms with Crippen LogP contribution >= 0.6 is 0 Å². The zero-order valence-electron chi connectivity index (χ0n) is 16.5. The number of aryl methyl sites for hydroxylation is 2. The molecule has 0 amide bonds. The molecule has 0 spiro atoms. The number of nitrogens with zero attached hydrogens (tertiary/aromatic N) is 4. The minimum absolute atomic E-state index is 0.363. The van der Waals surface area contributed by atoms with Crippen molar-refractivity contribution in [2.45, 2.75) is 33.9 Å². The summed E-state index contributed by atoms with van der Waals surface area (Å²) in [5.41, 5.74) is 1.80. The van der Waals surface area contributed by atoms with Crippen molar-refractivity contribution in [3.8, 4) is 17.1 Å². The number of guanidine groups is 1. The van der Waals surface area contributed by atoms with Gasteiger partial charge in [-0.3, -0.25) is 5.10 Å². The highest BCUT2D eigenvalue weighted by Gasteiger charge is 2.08. The molecule has 9 heteroatoms. The molecule has 3 aromatic rings. The number of benzene rings is 1. The normalized spacial score (nSPS) is 11.5. The quantitative estimate of drug-likeness (QED) is 0.424. The third-order valence-electron chi connectivity index (χ3n) is 4.09. The Morgan fingerprint density at radius 2 is 1.96 bits per heavy atom. The Morgan fingerprint density at radius 1 is 1.18 bits per heavy atom. The minimum Gasteiger partial charge on any atom is -0.497 e. The highest BCUT2D eigenvalue weighted by Crippen LogP contribution is 2.19. The maximum atomic E-state index is 5.58. The van der Waals surface area contributed by atoms with Gasteiger partial charge in [-0.2, -0.15) is 5.10 Å². The van der Waals surface area contributed by atoms with E-state index >= 15 is 0 Å². The maximum absolute atomic E-state index is 5.58. The first-order valence-corrected chi connectivity index (χ1v) is 9.09. The summed E-state index contributed by atoms with van der Waals surface area (Å²) in [4.78, 5) is 13.4. The first-order chi connectivity index (χ1) is 13.6. The SMILES string of the molecule is CCNC(=NCc1nc(-c2ccc(OC)cc2)n[nH]1)NCc1nc(C)c(C)o1. The van der Waals surface area contributed by atoms with E-state index in [4.69, 9.17) is 9.15 Å². The topological polar surface area (TPSA) is 113 Å². The molecule has 0 saturated heterocycles. The highest BCUT2D eigenvalue weighted by atomic mass is 16.5. The molecule has 1 aromatic carbocycles. The molecular weight excluding hydrogens is 358 g/mol. The molecule has 0 aliphatic heterocycles. The lowest BCUT2D eigenvalue weighted by atomic mass is 10.2. The lowest BCUT2D eigenvalue weighted by molar-refractivity contribution is 0.415. The van der Waals surface area contributed by atoms with Crippen LogP contribution in [0.1, 0.15) is 30.1 Å². The molecule has 2 aromatic heterocycles. The van der Waals surface area contributed by atoms with E-state index in [1.165, 1.54) is 0 Å². The third-order valence-corrected chi connectivity index (χ3v) is 4.09. The predicted molar refractivity (Wildman–Crippen MR) is 106 cm³/mol. The molecule has 0 saturated carbocycles. The first kappa shape index (κ1) is 19.4. The number of hydrogen-bond acceptors (Lipinski definition) is 6. The number of methoxy groups -OCH3 is 1. The average Bonchev–Trinajstić information content (AvgIpc) is 3.31. The lowest BCUT2D eigenvalue weighted by Crippen LogP contribution is -2.36. The number of ether oxygens (including phenoxy) is 1. The van der Waals surface area contributed by atoms with Gasteiger partial charge < -0.3 is 19.8 Å². The largest absolute Gasteiger partial charge is 0.497 e. The van der Waals surface area contributed by atoms with Crippen molar-refractivity contribution in [2.75, 3.05) is 13.7 Å². The fourth-order valence-electron chi connectivity index (χ4n) is 2.51. The van der Waals surface area contributed by atoms with Crippen molar-refractivity contribution in [1.29, 1.82) is 0 Å². The van der Waals surface area contributed by atoms with Crippen LogP contribution in [0.15, 0.2) is 33.7 Å². The summed E-state index contributed by atoms with van der Waals surface area (Å²) in [5.74, 6) is 4.19. The van der Waals surface area contributed by atoms with Crippen LogP contribution in [0.3, 0.4) is 0 Å².